The Morgan fingerprint density at radius 1 is 1.24 bits per heavy atom. The van der Waals surface area contributed by atoms with Crippen LogP contribution < -0.4 is 5.32 Å². The van der Waals surface area contributed by atoms with Crippen molar-refractivity contribution >= 4 is 0 Å². The van der Waals surface area contributed by atoms with Crippen LogP contribution in [0.5, 0.6) is 0 Å². The average molecular weight is 237 g/mol. The first-order valence-electron chi connectivity index (χ1n) is 7.52. The molecule has 1 saturated carbocycles. The summed E-state index contributed by atoms with van der Waals surface area (Å²) in [5, 5.41) is 3.78. The fraction of sp³-hybridized carbons (Fsp3) is 0.875. The van der Waals surface area contributed by atoms with Crippen molar-refractivity contribution in [2.45, 2.75) is 78.2 Å². The minimum absolute atomic E-state index is 0.505. The molecule has 0 aromatic rings. The molecule has 0 aromatic heterocycles. The highest BCUT2D eigenvalue weighted by Gasteiger charge is 2.34. The molecule has 0 aliphatic heterocycles. The molecule has 1 rings (SSSR count). The molecule has 1 N–H and O–H groups in total. The van der Waals surface area contributed by atoms with Gasteiger partial charge in [0.2, 0.25) is 0 Å². The van der Waals surface area contributed by atoms with E-state index in [1.165, 1.54) is 50.5 Å². The lowest BCUT2D eigenvalue weighted by molar-refractivity contribution is 0.143. The highest BCUT2D eigenvalue weighted by Crippen LogP contribution is 2.40. The summed E-state index contributed by atoms with van der Waals surface area (Å²) in [6, 6.07) is 0.648. The first-order valence-corrected chi connectivity index (χ1v) is 7.52. The summed E-state index contributed by atoms with van der Waals surface area (Å²) in [5.41, 5.74) is 1.91. The van der Waals surface area contributed by atoms with Crippen molar-refractivity contribution < 1.29 is 0 Å². The van der Waals surface area contributed by atoms with Crippen LogP contribution in [-0.2, 0) is 0 Å². The molecule has 0 aromatic carbocycles. The standard InChI is InChI=1S/C16H31N/c1-5-12-17-15(13-14(3)6-2)16(4)10-8-7-9-11-16/h15,17H,3,5-13H2,1-2,4H3. The van der Waals surface area contributed by atoms with E-state index in [0.717, 1.165) is 13.0 Å². The number of rotatable bonds is 7. The van der Waals surface area contributed by atoms with Crippen molar-refractivity contribution in [1.29, 1.82) is 0 Å². The third-order valence-electron chi connectivity index (χ3n) is 4.47. The Morgan fingerprint density at radius 3 is 2.41 bits per heavy atom. The molecule has 0 heterocycles. The Bertz CT molecular complexity index is 226. The molecular weight excluding hydrogens is 206 g/mol. The van der Waals surface area contributed by atoms with Gasteiger partial charge < -0.3 is 5.32 Å². The molecule has 1 aliphatic carbocycles. The monoisotopic (exact) mass is 237 g/mol. The fourth-order valence-corrected chi connectivity index (χ4v) is 3.02. The Kier molecular flexibility index (Phi) is 6.26. The summed E-state index contributed by atoms with van der Waals surface area (Å²) in [7, 11) is 0. The van der Waals surface area contributed by atoms with Gasteiger partial charge in [-0.1, -0.05) is 52.2 Å². The van der Waals surface area contributed by atoms with Gasteiger partial charge in [-0.15, -0.1) is 0 Å². The predicted molar refractivity (Wildman–Crippen MR) is 77.3 cm³/mol. The molecule has 0 spiro atoms. The van der Waals surface area contributed by atoms with Crippen LogP contribution in [0.1, 0.15) is 72.1 Å². The van der Waals surface area contributed by atoms with Crippen LogP contribution in [0, 0.1) is 5.41 Å². The minimum atomic E-state index is 0.505. The van der Waals surface area contributed by atoms with Crippen molar-refractivity contribution in [3.8, 4) is 0 Å². The quantitative estimate of drug-likeness (QED) is 0.634. The Hall–Kier alpha value is -0.300. The zero-order valence-corrected chi connectivity index (χ0v) is 12.1. The largest absolute Gasteiger partial charge is 0.313 e. The van der Waals surface area contributed by atoms with Crippen molar-refractivity contribution in [2.24, 2.45) is 5.41 Å². The smallest absolute Gasteiger partial charge is 0.0158 e. The van der Waals surface area contributed by atoms with E-state index in [1.807, 2.05) is 0 Å². The first-order chi connectivity index (χ1) is 8.12. The Morgan fingerprint density at radius 2 is 1.88 bits per heavy atom. The van der Waals surface area contributed by atoms with E-state index >= 15 is 0 Å². The van der Waals surface area contributed by atoms with Crippen molar-refractivity contribution in [3.63, 3.8) is 0 Å². The van der Waals surface area contributed by atoms with Crippen LogP contribution in [0.15, 0.2) is 12.2 Å². The lowest BCUT2D eigenvalue weighted by Gasteiger charge is -2.42. The van der Waals surface area contributed by atoms with E-state index in [-0.39, 0.29) is 0 Å². The summed E-state index contributed by atoms with van der Waals surface area (Å²) in [4.78, 5) is 0. The third kappa shape index (κ3) is 4.46. The van der Waals surface area contributed by atoms with E-state index in [4.69, 9.17) is 0 Å². The molecule has 0 saturated heterocycles. The van der Waals surface area contributed by atoms with Crippen LogP contribution in [0.4, 0.5) is 0 Å². The van der Waals surface area contributed by atoms with Gasteiger partial charge in [0, 0.05) is 6.04 Å². The van der Waals surface area contributed by atoms with Crippen molar-refractivity contribution in [2.75, 3.05) is 6.54 Å². The first kappa shape index (κ1) is 14.8. The fourth-order valence-electron chi connectivity index (χ4n) is 3.02. The van der Waals surface area contributed by atoms with Crippen LogP contribution in [0.3, 0.4) is 0 Å². The molecule has 0 amide bonds. The van der Waals surface area contributed by atoms with E-state index in [9.17, 15) is 0 Å². The summed E-state index contributed by atoms with van der Waals surface area (Å²) in [5.74, 6) is 0. The molecule has 1 heteroatoms. The zero-order chi connectivity index (χ0) is 12.7. The highest BCUT2D eigenvalue weighted by molar-refractivity contribution is 5.02. The molecule has 1 atom stereocenters. The maximum atomic E-state index is 4.21. The molecule has 1 unspecified atom stereocenters. The van der Waals surface area contributed by atoms with Gasteiger partial charge in [0.05, 0.1) is 0 Å². The summed E-state index contributed by atoms with van der Waals surface area (Å²) in [6.07, 6.45) is 10.6. The topological polar surface area (TPSA) is 12.0 Å². The second-order valence-corrected chi connectivity index (χ2v) is 6.03. The van der Waals surface area contributed by atoms with Gasteiger partial charge in [-0.05, 0) is 44.1 Å². The average Bonchev–Trinajstić information content (AvgIpc) is 2.34. The van der Waals surface area contributed by atoms with Gasteiger partial charge >= 0.3 is 0 Å². The number of hydrogen-bond acceptors (Lipinski definition) is 1. The molecule has 1 aliphatic rings. The third-order valence-corrected chi connectivity index (χ3v) is 4.47. The van der Waals surface area contributed by atoms with E-state index in [1.54, 1.807) is 0 Å². The van der Waals surface area contributed by atoms with E-state index in [0.29, 0.717) is 11.5 Å². The van der Waals surface area contributed by atoms with E-state index in [2.05, 4.69) is 32.7 Å². The van der Waals surface area contributed by atoms with Crippen LogP contribution in [0.25, 0.3) is 0 Å². The predicted octanol–water partition coefficient (Wildman–Crippen LogP) is 4.68. The van der Waals surface area contributed by atoms with Crippen molar-refractivity contribution in [3.05, 3.63) is 12.2 Å². The number of hydrogen-bond donors (Lipinski definition) is 1. The van der Waals surface area contributed by atoms with Crippen LogP contribution in [0.2, 0.25) is 0 Å². The molecule has 0 bridgehead atoms. The highest BCUT2D eigenvalue weighted by atomic mass is 14.9. The summed E-state index contributed by atoms with van der Waals surface area (Å²) >= 11 is 0. The zero-order valence-electron chi connectivity index (χ0n) is 12.1. The van der Waals surface area contributed by atoms with Gasteiger partial charge in [0.15, 0.2) is 0 Å². The number of nitrogens with one attached hydrogen (secondary N) is 1. The van der Waals surface area contributed by atoms with Gasteiger partial charge in [0.25, 0.3) is 0 Å². The lowest BCUT2D eigenvalue weighted by Crippen LogP contribution is -2.45. The van der Waals surface area contributed by atoms with Crippen molar-refractivity contribution in [1.82, 2.24) is 5.32 Å². The van der Waals surface area contributed by atoms with Gasteiger partial charge in [0.1, 0.15) is 0 Å². The van der Waals surface area contributed by atoms with Crippen LogP contribution in [-0.4, -0.2) is 12.6 Å². The normalized spacial score (nSPS) is 21.1. The molecule has 100 valence electrons. The maximum Gasteiger partial charge on any atom is 0.0158 e. The van der Waals surface area contributed by atoms with Crippen LogP contribution >= 0.6 is 0 Å². The Labute approximate surface area is 108 Å². The molecule has 17 heavy (non-hydrogen) atoms. The van der Waals surface area contributed by atoms with Gasteiger partial charge in [-0.3, -0.25) is 0 Å². The minimum Gasteiger partial charge on any atom is -0.313 e. The maximum absolute atomic E-state index is 4.21. The molecular formula is C16H31N. The molecule has 0 radical (unpaired) electrons. The van der Waals surface area contributed by atoms with Gasteiger partial charge in [-0.2, -0.15) is 0 Å². The molecule has 1 fully saturated rings. The Balaban J connectivity index is 2.62. The lowest BCUT2D eigenvalue weighted by atomic mass is 9.69. The van der Waals surface area contributed by atoms with Gasteiger partial charge in [-0.25, -0.2) is 0 Å². The molecule has 1 nitrogen and oxygen atoms in total. The van der Waals surface area contributed by atoms with E-state index < -0.39 is 0 Å². The second-order valence-electron chi connectivity index (χ2n) is 6.03. The summed E-state index contributed by atoms with van der Waals surface area (Å²) < 4.78 is 0. The SMILES string of the molecule is C=C(CC)CC(NCCC)C1(C)CCCCC1. The second kappa shape index (κ2) is 7.20. The summed E-state index contributed by atoms with van der Waals surface area (Å²) in [6.45, 7) is 12.3.